The summed E-state index contributed by atoms with van der Waals surface area (Å²) in [4.78, 5) is 13.8. The summed E-state index contributed by atoms with van der Waals surface area (Å²) < 4.78 is 498. The molecule has 0 spiro atoms. The highest BCUT2D eigenvalue weighted by Crippen LogP contribution is 2.48. The van der Waals surface area contributed by atoms with Gasteiger partial charge in [0.15, 0.2) is 87.0 Å². The molecule has 7 aromatic rings. The van der Waals surface area contributed by atoms with Crippen LogP contribution in [-0.4, -0.2) is 178 Å². The van der Waals surface area contributed by atoms with E-state index in [9.17, 15) is 52.7 Å². The monoisotopic (exact) mass is 1730 g/mol. The molecule has 2 aliphatic rings. The van der Waals surface area contributed by atoms with Gasteiger partial charge in [-0.05, 0) is 48.6 Å². The number of aromatic amines is 2. The van der Waals surface area contributed by atoms with Crippen molar-refractivity contribution in [3.63, 3.8) is 0 Å². The summed E-state index contributed by atoms with van der Waals surface area (Å²) in [6, 6.07) is 3.62. The number of benzene rings is 4. The summed E-state index contributed by atoms with van der Waals surface area (Å²) in [5, 5.41) is 0. The molecule has 0 saturated heterocycles. The van der Waals surface area contributed by atoms with Gasteiger partial charge in [0.2, 0.25) is 69.3 Å². The van der Waals surface area contributed by atoms with Crippen LogP contribution in [0.5, 0.6) is 0 Å². The van der Waals surface area contributed by atoms with Crippen molar-refractivity contribution in [2.24, 2.45) is 0 Å². The van der Waals surface area contributed by atoms with Gasteiger partial charge < -0.3 is 28.2 Å². The number of fused-ring (bicyclic) bond motifs is 8. The first-order valence-electron chi connectivity index (χ1n) is 28.9. The van der Waals surface area contributed by atoms with Gasteiger partial charge in [0.05, 0.1) is 130 Å². The van der Waals surface area contributed by atoms with Crippen LogP contribution in [0.1, 0.15) is 22.8 Å². The average molecular weight is 1730 g/mol. The van der Waals surface area contributed by atoms with Crippen molar-refractivity contribution in [1.82, 2.24) is 37.9 Å². The maximum Gasteiger partial charge on any atom is 0.485 e. The van der Waals surface area contributed by atoms with E-state index in [1.165, 1.54) is 84.6 Å². The van der Waals surface area contributed by atoms with Gasteiger partial charge in [-0.25, -0.2) is 78.8 Å². The van der Waals surface area contributed by atoms with Crippen LogP contribution < -0.4 is 17.9 Å². The van der Waals surface area contributed by atoms with Crippen molar-refractivity contribution in [2.45, 2.75) is 22.0 Å². The molecule has 0 aliphatic carbocycles. The molecule has 0 radical (unpaired) electrons. The topological polar surface area (TPSA) is 286 Å². The van der Waals surface area contributed by atoms with Gasteiger partial charge in [-0.2, -0.15) is 87.8 Å². The minimum Gasteiger partial charge on any atom is -0.741 e. The minimum absolute atomic E-state index is 0.652. The average Bonchev–Trinajstić information content (AvgIpc) is 1.52. The lowest BCUT2D eigenvalue weighted by molar-refractivity contribution is -0.0522. The number of halogens is 28. The quantitative estimate of drug-likeness (QED) is 0.0470. The molecule has 20 nitrogen and oxygen atoms in total. The second-order valence-corrected chi connectivity index (χ2v) is 31.6. The SMILES string of the molecule is C[N+](C)(C)c1c(F)c(F)c(-c2c3nc(c(-c4c(F)c(F)c([N+](C)(C)C)c(F)c4F)c4ccc([nH]4)c(-c4c(F)c(F)c([N+](C)(C)C)c(F)c4F)c4ccc([nH]4)c(-c4c(F)c(F)c([N+](C)(C)C)c(F)c4F)c4nc2C=C4)C=C3)c(F)c1F.O=S(=O)([O-])C(F)(F)F.O=S(=O)([O-])C(F)(F)F.O=S(=O)([O-])C(F)(F)F.O=S(=O)([O-])C(F)(F)F. The fourth-order valence-electron chi connectivity index (χ4n) is 9.97. The summed E-state index contributed by atoms with van der Waals surface area (Å²) in [7, 11) is -10.3. The van der Waals surface area contributed by atoms with Crippen LogP contribution in [0.3, 0.4) is 0 Å². The number of hydrogen-bond acceptors (Lipinski definition) is 14. The van der Waals surface area contributed by atoms with Crippen LogP contribution in [0.25, 0.3) is 90.9 Å². The third-order valence-electron chi connectivity index (χ3n) is 14.5. The van der Waals surface area contributed by atoms with E-state index in [0.29, 0.717) is 0 Å². The molecule has 0 atom stereocenters. The zero-order valence-corrected chi connectivity index (χ0v) is 60.7. The highest BCUT2D eigenvalue weighted by Gasteiger charge is 2.44. The highest BCUT2D eigenvalue weighted by atomic mass is 32.2. The Bertz CT molecular complexity index is 5260. The number of nitrogens with zero attached hydrogens (tertiary/aromatic N) is 6. The number of hydrogen-bond donors (Lipinski definition) is 2. The van der Waals surface area contributed by atoms with E-state index in [-0.39, 0.29) is 0 Å². The van der Waals surface area contributed by atoms with Crippen LogP contribution >= 0.6 is 0 Å². The molecule has 9 rings (SSSR count). The number of aromatic nitrogens is 4. The zero-order valence-electron chi connectivity index (χ0n) is 57.4. The Balaban J connectivity index is 0.000000584. The summed E-state index contributed by atoms with van der Waals surface area (Å²) in [6.45, 7) is 0. The Morgan fingerprint density at radius 3 is 0.536 bits per heavy atom. The molecular weight excluding hydrogens is 1680 g/mol. The van der Waals surface area contributed by atoms with Gasteiger partial charge in [0.1, 0.15) is 0 Å². The Labute approximate surface area is 611 Å². The Kier molecular flexibility index (Phi) is 26.0. The smallest absolute Gasteiger partial charge is 0.485 e. The van der Waals surface area contributed by atoms with Crippen LogP contribution in [-0.2, 0) is 40.5 Å². The minimum atomic E-state index is -6.09. The maximum atomic E-state index is 16.9. The molecule has 2 N–H and O–H groups in total. The highest BCUT2D eigenvalue weighted by molar-refractivity contribution is 7.87. The number of H-pyrrole nitrogens is 2. The van der Waals surface area contributed by atoms with E-state index >= 15 is 70.2 Å². The van der Waals surface area contributed by atoms with Crippen molar-refractivity contribution in [1.29, 1.82) is 0 Å². The van der Waals surface area contributed by atoms with Crippen LogP contribution in [0.4, 0.5) is 146 Å². The van der Waals surface area contributed by atoms with Crippen molar-refractivity contribution >= 4 is 110 Å². The predicted molar refractivity (Wildman–Crippen MR) is 341 cm³/mol. The molecule has 618 valence electrons. The van der Waals surface area contributed by atoms with Crippen molar-refractivity contribution in [3.8, 4) is 44.5 Å². The fraction of sp³-hybridized carbons (Fsp3) is 0.267. The molecule has 0 saturated carbocycles. The summed E-state index contributed by atoms with van der Waals surface area (Å²) >= 11 is 0. The van der Waals surface area contributed by atoms with E-state index in [0.717, 1.165) is 48.6 Å². The molecule has 0 amide bonds. The normalized spacial score (nSPS) is 13.4. The molecular formula is C60H46F28N8O12S4. The van der Waals surface area contributed by atoms with Crippen LogP contribution in [0.15, 0.2) is 24.3 Å². The van der Waals surface area contributed by atoms with Gasteiger partial charge in [0, 0.05) is 44.3 Å². The number of rotatable bonds is 8. The van der Waals surface area contributed by atoms with Crippen molar-refractivity contribution in [3.05, 3.63) is 140 Å². The van der Waals surface area contributed by atoms with E-state index in [1.54, 1.807) is 0 Å². The van der Waals surface area contributed by atoms with Gasteiger partial charge in [-0.3, -0.25) is 17.9 Å². The Hall–Kier alpha value is -9.00. The molecule has 4 aromatic carbocycles. The number of quaternary nitrogens is 4. The van der Waals surface area contributed by atoms with E-state index < -0.39 is 286 Å². The standard InChI is InChI=1S/C56H46F16N8.4CHF3O3S/c1-77(2,3)53-45(65)37(57)33(38(58)46(53)66)29-21-13-15-23(73-21)30(34-39(59)47(67)54(78(4,5)6)48(68)40(34)60)25-17-19-27(75-25)32(36-43(63)51(71)56(80(10,11)12)52(72)44(36)64)28-20-18-26(76-28)31(24-16-14-22(29)74-24)35-41(61)49(69)55(79(7,8)9)50(70)42(35)62;4*2-1(3,4)8(5,6)7/h13-20,73-74H,1-12H3;4*(H,5,6,7)/q+4;;;;/p-4. The lowest BCUT2D eigenvalue weighted by Crippen LogP contribution is -2.37. The third kappa shape index (κ3) is 18.9. The largest absolute Gasteiger partial charge is 0.741 e. The second-order valence-electron chi connectivity index (χ2n) is 26.1. The van der Waals surface area contributed by atoms with Gasteiger partial charge >= 0.3 is 22.0 Å². The first kappa shape index (κ1) is 93.6. The van der Waals surface area contributed by atoms with E-state index in [2.05, 4.69) is 19.9 Å². The lowest BCUT2D eigenvalue weighted by atomic mass is 9.99. The fourth-order valence-corrected chi connectivity index (χ4v) is 9.97. The molecule has 0 fully saturated rings. The summed E-state index contributed by atoms with van der Waals surface area (Å²) in [5.74, 6) is -32.1. The second kappa shape index (κ2) is 31.1. The summed E-state index contributed by atoms with van der Waals surface area (Å²) in [5.41, 5.74) is -42.8. The lowest BCUT2D eigenvalue weighted by Gasteiger charge is -2.25. The van der Waals surface area contributed by atoms with Crippen molar-refractivity contribution in [2.75, 3.05) is 84.6 Å². The predicted octanol–water partition coefficient (Wildman–Crippen LogP) is 14.5. The molecule has 2 aliphatic heterocycles. The van der Waals surface area contributed by atoms with E-state index in [1.807, 2.05) is 0 Å². The molecule has 8 bridgehead atoms. The molecule has 112 heavy (non-hydrogen) atoms. The number of nitrogens with one attached hydrogen (secondary N) is 2. The number of alkyl halides is 12. The van der Waals surface area contributed by atoms with E-state index in [4.69, 9.17) is 51.9 Å². The first-order valence-corrected chi connectivity index (χ1v) is 34.5. The molecule has 3 aromatic heterocycles. The van der Waals surface area contributed by atoms with Gasteiger partial charge in [0.25, 0.3) is 0 Å². The molecule has 0 unspecified atom stereocenters. The van der Waals surface area contributed by atoms with Crippen LogP contribution in [0.2, 0.25) is 0 Å². The summed E-state index contributed by atoms with van der Waals surface area (Å²) in [6.07, 6.45) is 3.42. The Morgan fingerprint density at radius 1 is 0.250 bits per heavy atom. The zero-order chi connectivity index (χ0) is 87.3. The van der Waals surface area contributed by atoms with Gasteiger partial charge in [-0.1, -0.05) is 0 Å². The molecule has 5 heterocycles. The third-order valence-corrected chi connectivity index (χ3v) is 16.8. The van der Waals surface area contributed by atoms with Crippen LogP contribution in [0, 0.1) is 93.1 Å². The van der Waals surface area contributed by atoms with Gasteiger partial charge in [-0.15, -0.1) is 0 Å². The van der Waals surface area contributed by atoms with Crippen molar-refractivity contribution < 1.29 is 175 Å². The first-order chi connectivity index (χ1) is 49.9. The maximum absolute atomic E-state index is 16.9. The molecule has 52 heteroatoms. The Morgan fingerprint density at radius 2 is 0.384 bits per heavy atom.